The number of benzene rings is 2. The first-order valence-corrected chi connectivity index (χ1v) is 10.3. The van der Waals surface area contributed by atoms with E-state index in [2.05, 4.69) is 5.32 Å². The minimum Gasteiger partial charge on any atom is -0.497 e. The Morgan fingerprint density at radius 3 is 2.24 bits per heavy atom. The summed E-state index contributed by atoms with van der Waals surface area (Å²) in [4.78, 5) is 27.4. The summed E-state index contributed by atoms with van der Waals surface area (Å²) >= 11 is 12.1. The van der Waals surface area contributed by atoms with Gasteiger partial charge in [0.05, 0.1) is 23.6 Å². The van der Waals surface area contributed by atoms with E-state index in [9.17, 15) is 9.59 Å². The first kappa shape index (κ1) is 23.0. The molecular weight excluding hydrogens is 411 g/mol. The van der Waals surface area contributed by atoms with E-state index in [0.717, 1.165) is 16.9 Å². The lowest BCUT2D eigenvalue weighted by Crippen LogP contribution is -2.49. The van der Waals surface area contributed by atoms with Gasteiger partial charge in [-0.1, -0.05) is 48.3 Å². The van der Waals surface area contributed by atoms with Crippen molar-refractivity contribution in [2.45, 2.75) is 39.3 Å². The lowest BCUT2D eigenvalue weighted by atomic mass is 10.1. The van der Waals surface area contributed by atoms with Crippen LogP contribution < -0.4 is 10.1 Å². The van der Waals surface area contributed by atoms with Gasteiger partial charge in [-0.2, -0.15) is 0 Å². The number of methoxy groups -OCH3 is 1. The molecule has 0 bridgehead atoms. The third-order valence-electron chi connectivity index (χ3n) is 4.59. The van der Waals surface area contributed by atoms with Crippen molar-refractivity contribution in [2.75, 3.05) is 13.7 Å². The van der Waals surface area contributed by atoms with E-state index < -0.39 is 6.04 Å². The van der Waals surface area contributed by atoms with Gasteiger partial charge in [-0.05, 0) is 48.7 Å². The predicted octanol–water partition coefficient (Wildman–Crippen LogP) is 4.49. The Bertz CT molecular complexity index is 840. The van der Waals surface area contributed by atoms with Gasteiger partial charge in [0, 0.05) is 13.1 Å². The number of likely N-dealkylation sites (N-methyl/N-ethyl adjacent to an activating group) is 1. The molecule has 0 radical (unpaired) electrons. The summed E-state index contributed by atoms with van der Waals surface area (Å²) in [7, 11) is 1.59. The van der Waals surface area contributed by atoms with Crippen molar-refractivity contribution >= 4 is 35.0 Å². The first-order chi connectivity index (χ1) is 13.9. The Balaban J connectivity index is 2.29. The number of hydrogen-bond donors (Lipinski definition) is 1. The largest absolute Gasteiger partial charge is 0.497 e. The molecule has 0 saturated heterocycles. The zero-order chi connectivity index (χ0) is 21.4. The maximum atomic E-state index is 13.2. The van der Waals surface area contributed by atoms with Crippen molar-refractivity contribution in [3.8, 4) is 5.75 Å². The van der Waals surface area contributed by atoms with Gasteiger partial charge >= 0.3 is 0 Å². The molecule has 2 rings (SSSR count). The van der Waals surface area contributed by atoms with E-state index in [1.807, 2.05) is 44.2 Å². The van der Waals surface area contributed by atoms with Gasteiger partial charge in [-0.15, -0.1) is 0 Å². The van der Waals surface area contributed by atoms with Crippen LogP contribution in [-0.2, 0) is 22.6 Å². The molecule has 0 aliphatic rings. The Kier molecular flexibility index (Phi) is 8.80. The van der Waals surface area contributed by atoms with E-state index in [1.54, 1.807) is 24.1 Å². The highest BCUT2D eigenvalue weighted by molar-refractivity contribution is 6.42. The summed E-state index contributed by atoms with van der Waals surface area (Å²) in [6.45, 7) is 4.51. The molecule has 0 saturated carbocycles. The number of amides is 2. The molecule has 0 aliphatic carbocycles. The number of nitrogens with one attached hydrogen (secondary N) is 1. The minimum absolute atomic E-state index is 0.139. The summed E-state index contributed by atoms with van der Waals surface area (Å²) in [5.41, 5.74) is 1.66. The maximum Gasteiger partial charge on any atom is 0.242 e. The molecular formula is C22H26Cl2N2O3. The molecule has 0 heterocycles. The number of carbonyl (C=O) groups excluding carboxylic acids is 2. The second kappa shape index (κ2) is 11.1. The molecule has 2 aromatic rings. The predicted molar refractivity (Wildman–Crippen MR) is 116 cm³/mol. The van der Waals surface area contributed by atoms with Crippen LogP contribution in [0.5, 0.6) is 5.75 Å². The fourth-order valence-corrected chi connectivity index (χ4v) is 3.39. The molecule has 7 heteroatoms. The smallest absolute Gasteiger partial charge is 0.242 e. The number of rotatable bonds is 9. The van der Waals surface area contributed by atoms with Gasteiger partial charge < -0.3 is 15.0 Å². The highest BCUT2D eigenvalue weighted by Gasteiger charge is 2.28. The summed E-state index contributed by atoms with van der Waals surface area (Å²) in [5, 5.41) is 3.68. The number of nitrogens with zero attached hydrogens (tertiary/aromatic N) is 1. The number of ether oxygens (including phenoxy) is 1. The van der Waals surface area contributed by atoms with Crippen molar-refractivity contribution in [1.29, 1.82) is 0 Å². The Morgan fingerprint density at radius 1 is 1.03 bits per heavy atom. The van der Waals surface area contributed by atoms with Crippen LogP contribution in [0.4, 0.5) is 0 Å². The van der Waals surface area contributed by atoms with E-state index in [0.29, 0.717) is 23.0 Å². The van der Waals surface area contributed by atoms with Gasteiger partial charge in [-0.3, -0.25) is 9.59 Å². The number of halogens is 2. The van der Waals surface area contributed by atoms with Gasteiger partial charge in [0.25, 0.3) is 0 Å². The normalized spacial score (nSPS) is 11.6. The Hall–Kier alpha value is -2.24. The van der Waals surface area contributed by atoms with Crippen LogP contribution >= 0.6 is 23.2 Å². The van der Waals surface area contributed by atoms with Gasteiger partial charge in [0.1, 0.15) is 11.8 Å². The molecule has 156 valence electrons. The summed E-state index contributed by atoms with van der Waals surface area (Å²) in [6, 6.07) is 12.0. The molecule has 1 unspecified atom stereocenters. The van der Waals surface area contributed by atoms with E-state index in [-0.39, 0.29) is 24.8 Å². The molecule has 1 N–H and O–H groups in total. The second-order valence-corrected chi connectivity index (χ2v) is 7.43. The van der Waals surface area contributed by atoms with Crippen molar-refractivity contribution in [2.24, 2.45) is 0 Å². The molecule has 1 atom stereocenters. The average molecular weight is 437 g/mol. The molecule has 2 amide bonds. The molecule has 2 aromatic carbocycles. The zero-order valence-electron chi connectivity index (χ0n) is 16.9. The van der Waals surface area contributed by atoms with Crippen LogP contribution in [0.25, 0.3) is 0 Å². The molecule has 0 fully saturated rings. The lowest BCUT2D eigenvalue weighted by molar-refractivity contribution is -0.140. The molecule has 29 heavy (non-hydrogen) atoms. The number of hydrogen-bond acceptors (Lipinski definition) is 3. The quantitative estimate of drug-likeness (QED) is 0.629. The first-order valence-electron chi connectivity index (χ1n) is 9.53. The van der Waals surface area contributed by atoms with Gasteiger partial charge in [0.2, 0.25) is 11.8 Å². The summed E-state index contributed by atoms with van der Waals surface area (Å²) in [6.07, 6.45) is 0.683. The lowest BCUT2D eigenvalue weighted by Gasteiger charge is -2.30. The third kappa shape index (κ3) is 6.38. The average Bonchev–Trinajstić information content (AvgIpc) is 2.71. The highest BCUT2D eigenvalue weighted by Crippen LogP contribution is 2.24. The SMILES string of the molecule is CCNC(=O)C(CC)N(Cc1ccc(Cl)c(Cl)c1)C(=O)Cc1ccc(OC)cc1. The second-order valence-electron chi connectivity index (χ2n) is 6.61. The molecule has 0 spiro atoms. The van der Waals surface area contributed by atoms with E-state index in [1.165, 1.54) is 0 Å². The summed E-state index contributed by atoms with van der Waals surface area (Å²) < 4.78 is 5.16. The molecule has 5 nitrogen and oxygen atoms in total. The van der Waals surface area contributed by atoms with E-state index >= 15 is 0 Å². The van der Waals surface area contributed by atoms with Crippen molar-refractivity contribution in [3.63, 3.8) is 0 Å². The van der Waals surface area contributed by atoms with Crippen molar-refractivity contribution in [1.82, 2.24) is 10.2 Å². The highest BCUT2D eigenvalue weighted by atomic mass is 35.5. The van der Waals surface area contributed by atoms with Crippen molar-refractivity contribution in [3.05, 3.63) is 63.6 Å². The van der Waals surface area contributed by atoms with Crippen LogP contribution in [0.3, 0.4) is 0 Å². The number of carbonyl (C=O) groups is 2. The monoisotopic (exact) mass is 436 g/mol. The van der Waals surface area contributed by atoms with E-state index in [4.69, 9.17) is 27.9 Å². The van der Waals surface area contributed by atoms with Crippen LogP contribution in [0, 0.1) is 0 Å². The molecule has 0 aromatic heterocycles. The summed E-state index contributed by atoms with van der Waals surface area (Å²) in [5.74, 6) is 0.417. The zero-order valence-corrected chi connectivity index (χ0v) is 18.4. The van der Waals surface area contributed by atoms with Crippen LogP contribution in [0.1, 0.15) is 31.4 Å². The van der Waals surface area contributed by atoms with Gasteiger partial charge in [0.15, 0.2) is 0 Å². The Morgan fingerprint density at radius 2 is 1.69 bits per heavy atom. The topological polar surface area (TPSA) is 58.6 Å². The third-order valence-corrected chi connectivity index (χ3v) is 5.33. The standard InChI is InChI=1S/C22H26Cl2N2O3/c1-4-20(22(28)25-5-2)26(14-16-8-11-18(23)19(24)12-16)21(27)13-15-6-9-17(29-3)10-7-15/h6-12,20H,4-5,13-14H2,1-3H3,(H,25,28). The minimum atomic E-state index is -0.574. The van der Waals surface area contributed by atoms with Crippen LogP contribution in [0.2, 0.25) is 10.0 Å². The van der Waals surface area contributed by atoms with Crippen molar-refractivity contribution < 1.29 is 14.3 Å². The van der Waals surface area contributed by atoms with Crippen LogP contribution in [-0.4, -0.2) is 36.4 Å². The molecule has 0 aliphatic heterocycles. The fourth-order valence-electron chi connectivity index (χ4n) is 3.07. The van der Waals surface area contributed by atoms with Crippen LogP contribution in [0.15, 0.2) is 42.5 Å². The Labute approximate surface area is 181 Å². The van der Waals surface area contributed by atoms with Gasteiger partial charge in [-0.25, -0.2) is 0 Å². The maximum absolute atomic E-state index is 13.2. The fraction of sp³-hybridized carbons (Fsp3) is 0.364.